The van der Waals surface area contributed by atoms with Crippen LogP contribution in [0.2, 0.25) is 5.02 Å². The molecule has 0 bridgehead atoms. The van der Waals surface area contributed by atoms with Crippen LogP contribution in [0.25, 0.3) is 0 Å². The van der Waals surface area contributed by atoms with Crippen molar-refractivity contribution in [2.75, 3.05) is 20.8 Å². The van der Waals surface area contributed by atoms with Crippen molar-refractivity contribution in [2.24, 2.45) is 0 Å². The van der Waals surface area contributed by atoms with Crippen LogP contribution in [0.3, 0.4) is 0 Å². The van der Waals surface area contributed by atoms with Crippen LogP contribution in [0.5, 0.6) is 11.5 Å². The van der Waals surface area contributed by atoms with Crippen molar-refractivity contribution in [2.45, 2.75) is 6.42 Å². The molecule has 0 spiro atoms. The second-order valence-electron chi connectivity index (χ2n) is 5.31. The highest BCUT2D eigenvalue weighted by Crippen LogP contribution is 2.27. The molecule has 2 aromatic carbocycles. The Morgan fingerprint density at radius 3 is 2.48 bits per heavy atom. The number of halogens is 1. The molecule has 0 aliphatic carbocycles. The van der Waals surface area contributed by atoms with Gasteiger partial charge in [-0.2, -0.15) is 0 Å². The molecule has 0 atom stereocenters. The maximum Gasteiger partial charge on any atom is 0.489 e. The summed E-state index contributed by atoms with van der Waals surface area (Å²) in [6.07, 6.45) is 0.606. The molecule has 25 heavy (non-hydrogen) atoms. The highest BCUT2D eigenvalue weighted by Gasteiger charge is 2.17. The van der Waals surface area contributed by atoms with Gasteiger partial charge in [0.15, 0.2) is 11.5 Å². The van der Waals surface area contributed by atoms with Crippen LogP contribution >= 0.6 is 11.6 Å². The van der Waals surface area contributed by atoms with Gasteiger partial charge in [0.25, 0.3) is 5.91 Å². The fourth-order valence-corrected chi connectivity index (χ4v) is 2.56. The fraction of sp³-hybridized carbons (Fsp3) is 0.235. The van der Waals surface area contributed by atoms with Crippen molar-refractivity contribution in [3.05, 3.63) is 52.5 Å². The number of methoxy groups -OCH3 is 2. The number of carbonyl (C=O) groups is 1. The molecule has 2 rings (SSSR count). The molecule has 0 saturated carbocycles. The van der Waals surface area contributed by atoms with Gasteiger partial charge in [-0.15, -0.1) is 0 Å². The molecule has 0 aromatic heterocycles. The van der Waals surface area contributed by atoms with Crippen LogP contribution in [0.4, 0.5) is 0 Å². The molecular formula is C17H19BClNO5. The van der Waals surface area contributed by atoms with E-state index in [1.807, 2.05) is 18.2 Å². The Morgan fingerprint density at radius 1 is 1.12 bits per heavy atom. The number of ether oxygens (including phenoxy) is 2. The number of hydrogen-bond donors (Lipinski definition) is 3. The van der Waals surface area contributed by atoms with Gasteiger partial charge in [0, 0.05) is 22.6 Å². The standard InChI is InChI=1S/C17H19BClNO5/c1-24-15-6-3-11(9-16(15)25-2)7-8-20-17(21)12-4-5-14(19)13(10-12)18(22)23/h3-6,9-10,22-23H,7-8H2,1-2H3,(H,20,21). The SMILES string of the molecule is COc1ccc(CCNC(=O)c2ccc(Cl)c(B(O)O)c2)cc1OC. The maximum absolute atomic E-state index is 12.2. The summed E-state index contributed by atoms with van der Waals surface area (Å²) in [5.74, 6) is 0.955. The molecule has 3 N–H and O–H groups in total. The van der Waals surface area contributed by atoms with Crippen LogP contribution in [-0.2, 0) is 6.42 Å². The van der Waals surface area contributed by atoms with E-state index >= 15 is 0 Å². The zero-order valence-electron chi connectivity index (χ0n) is 14.0. The minimum atomic E-state index is -1.73. The van der Waals surface area contributed by atoms with Crippen molar-refractivity contribution < 1.29 is 24.3 Å². The van der Waals surface area contributed by atoms with Crippen LogP contribution in [0.1, 0.15) is 15.9 Å². The predicted octanol–water partition coefficient (Wildman–Crippen LogP) is 1.01. The summed E-state index contributed by atoms with van der Waals surface area (Å²) >= 11 is 5.86. The Hall–Kier alpha value is -2.22. The molecule has 0 aliphatic heterocycles. The Kier molecular flexibility index (Phi) is 6.69. The quantitative estimate of drug-likeness (QED) is 0.639. The third kappa shape index (κ3) is 4.88. The number of amides is 1. The summed E-state index contributed by atoms with van der Waals surface area (Å²) < 4.78 is 10.4. The average Bonchev–Trinajstić information content (AvgIpc) is 2.61. The maximum atomic E-state index is 12.2. The molecule has 132 valence electrons. The van der Waals surface area contributed by atoms with Crippen LogP contribution in [-0.4, -0.2) is 43.8 Å². The van der Waals surface area contributed by atoms with Crippen LogP contribution in [0.15, 0.2) is 36.4 Å². The number of hydrogen-bond acceptors (Lipinski definition) is 5. The van der Waals surface area contributed by atoms with Gasteiger partial charge >= 0.3 is 7.12 Å². The third-order valence-corrected chi connectivity index (χ3v) is 4.03. The number of rotatable bonds is 7. The zero-order chi connectivity index (χ0) is 18.4. The molecule has 0 aliphatic rings. The largest absolute Gasteiger partial charge is 0.493 e. The minimum Gasteiger partial charge on any atom is -0.493 e. The van der Waals surface area contributed by atoms with Gasteiger partial charge in [-0.25, -0.2) is 0 Å². The van der Waals surface area contributed by atoms with Gasteiger partial charge in [0.05, 0.1) is 14.2 Å². The summed E-state index contributed by atoms with van der Waals surface area (Å²) in [5.41, 5.74) is 1.38. The summed E-state index contributed by atoms with van der Waals surface area (Å²) in [6.45, 7) is 0.411. The predicted molar refractivity (Wildman–Crippen MR) is 96.9 cm³/mol. The molecule has 8 heteroatoms. The van der Waals surface area contributed by atoms with Gasteiger partial charge in [-0.3, -0.25) is 4.79 Å². The monoisotopic (exact) mass is 363 g/mol. The lowest BCUT2D eigenvalue weighted by atomic mass is 9.79. The Balaban J connectivity index is 1.98. The van der Waals surface area contributed by atoms with E-state index in [2.05, 4.69) is 5.32 Å². The lowest BCUT2D eigenvalue weighted by molar-refractivity contribution is 0.0954. The van der Waals surface area contributed by atoms with Gasteiger partial charge in [0.2, 0.25) is 0 Å². The van der Waals surface area contributed by atoms with Crippen molar-refractivity contribution in [3.8, 4) is 11.5 Å². The molecule has 0 radical (unpaired) electrons. The smallest absolute Gasteiger partial charge is 0.489 e. The van der Waals surface area contributed by atoms with Gasteiger partial charge in [0.1, 0.15) is 0 Å². The first-order chi connectivity index (χ1) is 12.0. The summed E-state index contributed by atoms with van der Waals surface area (Å²) in [4.78, 5) is 12.2. The van der Waals surface area contributed by atoms with E-state index in [-0.39, 0.29) is 16.4 Å². The topological polar surface area (TPSA) is 88.0 Å². The molecule has 0 saturated heterocycles. The second-order valence-corrected chi connectivity index (χ2v) is 5.71. The molecule has 1 amide bonds. The highest BCUT2D eigenvalue weighted by molar-refractivity contribution is 6.62. The van der Waals surface area contributed by atoms with E-state index in [0.717, 1.165) is 5.56 Å². The van der Waals surface area contributed by atoms with Crippen molar-refractivity contribution in [1.29, 1.82) is 0 Å². The van der Waals surface area contributed by atoms with E-state index in [1.165, 1.54) is 18.2 Å². The van der Waals surface area contributed by atoms with Gasteiger partial charge in [-0.05, 0) is 42.3 Å². The Labute approximate surface area is 151 Å². The fourth-order valence-electron chi connectivity index (χ4n) is 2.34. The summed E-state index contributed by atoms with van der Waals surface area (Å²) in [7, 11) is 1.41. The minimum absolute atomic E-state index is 0.0919. The van der Waals surface area contributed by atoms with Gasteiger partial charge in [-0.1, -0.05) is 17.7 Å². The van der Waals surface area contributed by atoms with Crippen molar-refractivity contribution in [1.82, 2.24) is 5.32 Å². The lowest BCUT2D eigenvalue weighted by Gasteiger charge is -2.11. The number of carbonyl (C=O) groups excluding carboxylic acids is 1. The van der Waals surface area contributed by atoms with Crippen molar-refractivity contribution in [3.63, 3.8) is 0 Å². The van der Waals surface area contributed by atoms with Crippen LogP contribution in [0, 0.1) is 0 Å². The molecule has 0 heterocycles. The van der Waals surface area contributed by atoms with E-state index in [0.29, 0.717) is 30.0 Å². The lowest BCUT2D eigenvalue weighted by Crippen LogP contribution is -2.33. The number of nitrogens with one attached hydrogen (secondary N) is 1. The summed E-state index contributed by atoms with van der Waals surface area (Å²) in [5, 5.41) is 21.5. The Morgan fingerprint density at radius 2 is 1.84 bits per heavy atom. The molecule has 6 nitrogen and oxygen atoms in total. The highest BCUT2D eigenvalue weighted by atomic mass is 35.5. The first kappa shape index (κ1) is 19.1. The van der Waals surface area contributed by atoms with E-state index in [9.17, 15) is 14.8 Å². The molecule has 2 aromatic rings. The van der Waals surface area contributed by atoms with Crippen molar-refractivity contribution >= 4 is 30.1 Å². The van der Waals surface area contributed by atoms with E-state index in [4.69, 9.17) is 21.1 Å². The van der Waals surface area contributed by atoms with Crippen LogP contribution < -0.4 is 20.3 Å². The first-order valence-corrected chi connectivity index (χ1v) is 7.98. The molecule has 0 unspecified atom stereocenters. The second kappa shape index (κ2) is 8.76. The average molecular weight is 364 g/mol. The summed E-state index contributed by atoms with van der Waals surface area (Å²) in [6, 6.07) is 9.91. The Bertz CT molecular complexity index is 754. The molecular weight excluding hydrogens is 344 g/mol. The third-order valence-electron chi connectivity index (χ3n) is 3.68. The zero-order valence-corrected chi connectivity index (χ0v) is 14.7. The van der Waals surface area contributed by atoms with Gasteiger partial charge < -0.3 is 24.8 Å². The molecule has 0 fully saturated rings. The van der Waals surface area contributed by atoms with E-state index in [1.54, 1.807) is 14.2 Å². The first-order valence-electron chi connectivity index (χ1n) is 7.61. The van der Waals surface area contributed by atoms with E-state index < -0.39 is 7.12 Å². The normalized spacial score (nSPS) is 10.3. The number of benzene rings is 2.